The predicted octanol–water partition coefficient (Wildman–Crippen LogP) is 2.53. The zero-order valence-electron chi connectivity index (χ0n) is 13.6. The molecule has 1 rings (SSSR count). The van der Waals surface area contributed by atoms with Gasteiger partial charge in [-0.15, -0.1) is 0 Å². The van der Waals surface area contributed by atoms with Gasteiger partial charge in [0.05, 0.1) is 6.61 Å². The molecule has 1 saturated heterocycles. The minimum absolute atomic E-state index is 0.0483. The van der Waals surface area contributed by atoms with Crippen LogP contribution in [0.4, 0.5) is 0 Å². The Morgan fingerprint density at radius 2 is 1.90 bits per heavy atom. The first-order chi connectivity index (χ1) is 9.67. The van der Waals surface area contributed by atoms with Crippen LogP contribution in [-0.4, -0.2) is 61.6 Å². The molecule has 0 saturated carbocycles. The Morgan fingerprint density at radius 3 is 2.50 bits per heavy atom. The molecule has 1 aliphatic heterocycles. The molecule has 0 atom stereocenters. The van der Waals surface area contributed by atoms with Crippen molar-refractivity contribution in [1.29, 1.82) is 0 Å². The van der Waals surface area contributed by atoms with Crippen LogP contribution in [0.5, 0.6) is 0 Å². The molecular weight excluding hydrogens is 252 g/mol. The summed E-state index contributed by atoms with van der Waals surface area (Å²) >= 11 is 0. The summed E-state index contributed by atoms with van der Waals surface area (Å²) < 4.78 is 4.93. The molecule has 0 N–H and O–H groups in total. The highest BCUT2D eigenvalue weighted by Crippen LogP contribution is 2.15. The van der Waals surface area contributed by atoms with Crippen molar-refractivity contribution in [2.45, 2.75) is 58.4 Å². The van der Waals surface area contributed by atoms with Crippen molar-refractivity contribution in [2.75, 3.05) is 39.8 Å². The molecular formula is C16H32N2O2. The largest absolute Gasteiger partial charge is 0.466 e. The van der Waals surface area contributed by atoms with Crippen LogP contribution in [0.1, 0.15) is 52.4 Å². The Kier molecular flexibility index (Phi) is 8.86. The number of ether oxygens (including phenoxy) is 1. The lowest BCUT2D eigenvalue weighted by atomic mass is 10.0. The van der Waals surface area contributed by atoms with Crippen molar-refractivity contribution in [3.63, 3.8) is 0 Å². The van der Waals surface area contributed by atoms with Crippen LogP contribution in [0.25, 0.3) is 0 Å². The van der Waals surface area contributed by atoms with Crippen LogP contribution >= 0.6 is 0 Å². The minimum Gasteiger partial charge on any atom is -0.466 e. The third-order valence-electron chi connectivity index (χ3n) is 4.32. The van der Waals surface area contributed by atoms with Crippen molar-refractivity contribution >= 4 is 5.97 Å². The van der Waals surface area contributed by atoms with Gasteiger partial charge in [0.2, 0.25) is 0 Å². The molecule has 1 aliphatic rings. The molecule has 0 radical (unpaired) electrons. The van der Waals surface area contributed by atoms with Gasteiger partial charge in [-0.05, 0) is 65.8 Å². The zero-order chi connectivity index (χ0) is 14.8. The van der Waals surface area contributed by atoms with Crippen LogP contribution in [0, 0.1) is 0 Å². The van der Waals surface area contributed by atoms with Crippen LogP contribution in [-0.2, 0) is 9.53 Å². The van der Waals surface area contributed by atoms with E-state index in [4.69, 9.17) is 4.74 Å². The summed E-state index contributed by atoms with van der Waals surface area (Å²) in [5.41, 5.74) is 0. The number of carbonyl (C=O) groups is 1. The van der Waals surface area contributed by atoms with E-state index in [0.717, 1.165) is 25.4 Å². The second-order valence-corrected chi connectivity index (χ2v) is 5.76. The van der Waals surface area contributed by atoms with Gasteiger partial charge >= 0.3 is 5.97 Å². The number of hydrogen-bond acceptors (Lipinski definition) is 4. The van der Waals surface area contributed by atoms with Crippen molar-refractivity contribution < 1.29 is 9.53 Å². The summed E-state index contributed by atoms with van der Waals surface area (Å²) in [4.78, 5) is 16.3. The van der Waals surface area contributed by atoms with E-state index in [-0.39, 0.29) is 5.97 Å². The van der Waals surface area contributed by atoms with E-state index in [0.29, 0.717) is 13.0 Å². The molecule has 1 heterocycles. The van der Waals surface area contributed by atoms with Crippen molar-refractivity contribution in [3.05, 3.63) is 0 Å². The molecule has 118 valence electrons. The number of hydrogen-bond donors (Lipinski definition) is 0. The Labute approximate surface area is 124 Å². The Morgan fingerprint density at radius 1 is 1.20 bits per heavy atom. The van der Waals surface area contributed by atoms with Gasteiger partial charge in [-0.3, -0.25) is 4.79 Å². The molecule has 4 heteroatoms. The van der Waals surface area contributed by atoms with Crippen LogP contribution in [0.3, 0.4) is 0 Å². The average molecular weight is 284 g/mol. The van der Waals surface area contributed by atoms with Gasteiger partial charge in [-0.1, -0.05) is 13.3 Å². The molecule has 0 aromatic carbocycles. The summed E-state index contributed by atoms with van der Waals surface area (Å²) in [6, 6.07) is 0.753. The fourth-order valence-corrected chi connectivity index (χ4v) is 2.90. The summed E-state index contributed by atoms with van der Waals surface area (Å²) in [5.74, 6) is -0.0483. The first-order valence-electron chi connectivity index (χ1n) is 8.25. The van der Waals surface area contributed by atoms with Crippen molar-refractivity contribution in [3.8, 4) is 0 Å². The van der Waals surface area contributed by atoms with Crippen molar-refractivity contribution in [1.82, 2.24) is 9.80 Å². The average Bonchev–Trinajstić information content (AvgIpc) is 2.47. The quantitative estimate of drug-likeness (QED) is 0.481. The fourth-order valence-electron chi connectivity index (χ4n) is 2.90. The number of esters is 1. The fraction of sp³-hybridized carbons (Fsp3) is 0.938. The maximum absolute atomic E-state index is 11.2. The van der Waals surface area contributed by atoms with Gasteiger partial charge in [0.25, 0.3) is 0 Å². The standard InChI is InChI=1S/C16H32N2O2/c1-4-18-13-10-15(11-14-18)17(3)12-8-6-7-9-16(19)20-5-2/h15H,4-14H2,1-3H3. The summed E-state index contributed by atoms with van der Waals surface area (Å²) in [6.07, 6.45) is 6.44. The highest BCUT2D eigenvalue weighted by molar-refractivity contribution is 5.69. The number of likely N-dealkylation sites (tertiary alicyclic amines) is 1. The third-order valence-corrected chi connectivity index (χ3v) is 4.32. The molecule has 0 spiro atoms. The van der Waals surface area contributed by atoms with E-state index in [2.05, 4.69) is 23.8 Å². The lowest BCUT2D eigenvalue weighted by Crippen LogP contribution is -2.43. The van der Waals surface area contributed by atoms with Crippen LogP contribution in [0.15, 0.2) is 0 Å². The maximum Gasteiger partial charge on any atom is 0.305 e. The monoisotopic (exact) mass is 284 g/mol. The van der Waals surface area contributed by atoms with Crippen LogP contribution < -0.4 is 0 Å². The van der Waals surface area contributed by atoms with E-state index in [1.165, 1.54) is 38.9 Å². The molecule has 0 unspecified atom stereocenters. The molecule has 0 aliphatic carbocycles. The number of nitrogens with zero attached hydrogens (tertiary/aromatic N) is 2. The molecule has 1 fully saturated rings. The predicted molar refractivity (Wildman–Crippen MR) is 82.9 cm³/mol. The van der Waals surface area contributed by atoms with Gasteiger partial charge in [0, 0.05) is 12.5 Å². The number of rotatable bonds is 9. The van der Waals surface area contributed by atoms with E-state index >= 15 is 0 Å². The first-order valence-corrected chi connectivity index (χ1v) is 8.25. The third kappa shape index (κ3) is 6.71. The molecule has 0 aromatic rings. The summed E-state index contributed by atoms with van der Waals surface area (Å²) in [6.45, 7) is 9.43. The highest BCUT2D eigenvalue weighted by Gasteiger charge is 2.20. The Hall–Kier alpha value is -0.610. The molecule has 20 heavy (non-hydrogen) atoms. The molecule has 0 aromatic heterocycles. The topological polar surface area (TPSA) is 32.8 Å². The van der Waals surface area contributed by atoms with Gasteiger partial charge in [-0.2, -0.15) is 0 Å². The second kappa shape index (κ2) is 10.2. The Balaban J connectivity index is 2.03. The van der Waals surface area contributed by atoms with Gasteiger partial charge in [-0.25, -0.2) is 0 Å². The SMILES string of the molecule is CCOC(=O)CCCCCN(C)C1CCN(CC)CC1. The summed E-state index contributed by atoms with van der Waals surface area (Å²) in [7, 11) is 2.25. The van der Waals surface area contributed by atoms with Gasteiger partial charge < -0.3 is 14.5 Å². The van der Waals surface area contributed by atoms with Crippen LogP contribution in [0.2, 0.25) is 0 Å². The molecule has 0 amide bonds. The van der Waals surface area contributed by atoms with E-state index in [9.17, 15) is 4.79 Å². The lowest BCUT2D eigenvalue weighted by molar-refractivity contribution is -0.143. The second-order valence-electron chi connectivity index (χ2n) is 5.76. The van der Waals surface area contributed by atoms with E-state index in [1.807, 2.05) is 6.92 Å². The number of piperidine rings is 1. The summed E-state index contributed by atoms with van der Waals surface area (Å²) in [5, 5.41) is 0. The molecule has 0 bridgehead atoms. The highest BCUT2D eigenvalue weighted by atomic mass is 16.5. The first kappa shape index (κ1) is 17.4. The normalized spacial score (nSPS) is 17.6. The molecule has 4 nitrogen and oxygen atoms in total. The minimum atomic E-state index is -0.0483. The lowest BCUT2D eigenvalue weighted by Gasteiger charge is -2.36. The van der Waals surface area contributed by atoms with Gasteiger partial charge in [0.15, 0.2) is 0 Å². The van der Waals surface area contributed by atoms with E-state index in [1.54, 1.807) is 0 Å². The van der Waals surface area contributed by atoms with Crippen molar-refractivity contribution in [2.24, 2.45) is 0 Å². The van der Waals surface area contributed by atoms with E-state index < -0.39 is 0 Å². The maximum atomic E-state index is 11.2. The Bertz CT molecular complexity index is 263. The number of unbranched alkanes of at least 4 members (excludes halogenated alkanes) is 2. The zero-order valence-corrected chi connectivity index (χ0v) is 13.6. The van der Waals surface area contributed by atoms with Gasteiger partial charge in [0.1, 0.15) is 0 Å². The number of carbonyl (C=O) groups excluding carboxylic acids is 1. The smallest absolute Gasteiger partial charge is 0.305 e.